The van der Waals surface area contributed by atoms with Crippen molar-refractivity contribution in [3.8, 4) is 0 Å². The number of aliphatic hydroxyl groups is 1. The molecule has 1 aromatic carbocycles. The minimum atomic E-state index is -1.75. The second kappa shape index (κ2) is 14.3. The Hall–Kier alpha value is -4.04. The molecule has 10 N–H and O–H groups in total. The summed E-state index contributed by atoms with van der Waals surface area (Å²) in [6, 6.07) is 2.80. The summed E-state index contributed by atoms with van der Waals surface area (Å²) < 4.78 is 0. The second-order valence-electron chi connectivity index (χ2n) is 7.60. The number of hydrogen-bond donors (Lipinski definition) is 8. The lowest BCUT2D eigenvalue weighted by molar-refractivity contribution is -0.144. The fraction of sp³-hybridized carbons (Fsp3) is 0.429. The summed E-state index contributed by atoms with van der Waals surface area (Å²) in [7, 11) is 0. The highest BCUT2D eigenvalue weighted by Crippen LogP contribution is 2.04. The zero-order valence-corrected chi connectivity index (χ0v) is 18.7. The van der Waals surface area contributed by atoms with Crippen molar-refractivity contribution >= 4 is 35.6 Å². The monoisotopic (exact) mass is 495 g/mol. The van der Waals surface area contributed by atoms with E-state index in [0.29, 0.717) is 0 Å². The minimum absolute atomic E-state index is 0.137. The predicted molar refractivity (Wildman–Crippen MR) is 119 cm³/mol. The van der Waals surface area contributed by atoms with Crippen LogP contribution in [0.15, 0.2) is 30.3 Å². The minimum Gasteiger partial charge on any atom is -0.481 e. The average Bonchev–Trinajstić information content (AvgIpc) is 2.79. The molecule has 35 heavy (non-hydrogen) atoms. The first kappa shape index (κ1) is 29.0. The lowest BCUT2D eigenvalue weighted by atomic mass is 10.1. The van der Waals surface area contributed by atoms with E-state index < -0.39 is 72.8 Å². The van der Waals surface area contributed by atoms with Crippen molar-refractivity contribution < 1.29 is 44.1 Å². The molecule has 0 aromatic heterocycles. The van der Waals surface area contributed by atoms with Gasteiger partial charge in [0, 0.05) is 6.42 Å². The van der Waals surface area contributed by atoms with Crippen molar-refractivity contribution in [3.05, 3.63) is 35.9 Å². The maximum absolute atomic E-state index is 12.5. The van der Waals surface area contributed by atoms with Crippen LogP contribution in [0.1, 0.15) is 24.8 Å². The highest BCUT2D eigenvalue weighted by molar-refractivity contribution is 5.95. The lowest BCUT2D eigenvalue weighted by Crippen LogP contribution is -2.58. The number of carbonyl (C=O) groups is 6. The quantitative estimate of drug-likeness (QED) is 0.121. The molecule has 0 bridgehead atoms. The smallest absolute Gasteiger partial charge is 0.326 e. The maximum Gasteiger partial charge on any atom is 0.326 e. The van der Waals surface area contributed by atoms with E-state index in [4.69, 9.17) is 16.6 Å². The van der Waals surface area contributed by atoms with Gasteiger partial charge in [-0.15, -0.1) is 0 Å². The van der Waals surface area contributed by atoms with E-state index in [9.17, 15) is 39.0 Å². The molecule has 192 valence electrons. The summed E-state index contributed by atoms with van der Waals surface area (Å²) >= 11 is 0. The van der Waals surface area contributed by atoms with E-state index in [1.807, 2.05) is 5.32 Å². The Bertz CT molecular complexity index is 925. The van der Waals surface area contributed by atoms with Crippen LogP contribution < -0.4 is 27.4 Å². The molecule has 0 heterocycles. The third-order valence-corrected chi connectivity index (χ3v) is 4.76. The SMILES string of the molecule is NC(=O)CCC(NC(=O)C(CC(=O)O)NC(=O)C(CO)NC(=O)C(N)Cc1ccccc1)C(=O)O. The number of carbonyl (C=O) groups excluding carboxylic acids is 4. The fourth-order valence-corrected chi connectivity index (χ4v) is 2.91. The first-order chi connectivity index (χ1) is 16.4. The molecule has 0 spiro atoms. The molecule has 0 fully saturated rings. The van der Waals surface area contributed by atoms with Crippen LogP contribution in [0.25, 0.3) is 0 Å². The molecule has 0 aliphatic rings. The van der Waals surface area contributed by atoms with E-state index in [2.05, 4.69) is 10.6 Å². The molecule has 0 saturated carbocycles. The molecule has 0 aliphatic carbocycles. The van der Waals surface area contributed by atoms with Crippen LogP contribution in [0.4, 0.5) is 0 Å². The van der Waals surface area contributed by atoms with Crippen LogP contribution in [0.2, 0.25) is 0 Å². The van der Waals surface area contributed by atoms with Crippen LogP contribution in [0.3, 0.4) is 0 Å². The number of nitrogens with one attached hydrogen (secondary N) is 3. The molecule has 14 heteroatoms. The summed E-state index contributed by atoms with van der Waals surface area (Å²) in [4.78, 5) is 70.8. The molecule has 1 aromatic rings. The number of aliphatic hydroxyl groups excluding tert-OH is 1. The molecule has 4 unspecified atom stereocenters. The van der Waals surface area contributed by atoms with Gasteiger partial charge in [0.05, 0.1) is 19.1 Å². The van der Waals surface area contributed by atoms with Gasteiger partial charge < -0.3 is 42.7 Å². The van der Waals surface area contributed by atoms with E-state index in [0.717, 1.165) is 5.56 Å². The highest BCUT2D eigenvalue weighted by Gasteiger charge is 2.31. The van der Waals surface area contributed by atoms with Gasteiger partial charge in [0.25, 0.3) is 0 Å². The van der Waals surface area contributed by atoms with Crippen molar-refractivity contribution in [2.45, 2.75) is 49.9 Å². The molecule has 14 nitrogen and oxygen atoms in total. The van der Waals surface area contributed by atoms with E-state index >= 15 is 0 Å². The molecule has 0 saturated heterocycles. The number of benzene rings is 1. The molecule has 4 amide bonds. The fourth-order valence-electron chi connectivity index (χ4n) is 2.91. The van der Waals surface area contributed by atoms with Gasteiger partial charge in [-0.3, -0.25) is 24.0 Å². The number of aliphatic carboxylic acids is 2. The maximum atomic E-state index is 12.5. The van der Waals surface area contributed by atoms with Crippen molar-refractivity contribution in [2.24, 2.45) is 11.5 Å². The standard InChI is InChI=1S/C21H29N5O9/c22-12(8-11-4-2-1-3-5-11)18(31)26-15(10-27)20(33)25-14(9-17(29)30)19(32)24-13(21(34)35)6-7-16(23)28/h1-5,12-15,27H,6-10,22H2,(H2,23,28)(H,24,32)(H,25,33)(H,26,31)(H,29,30)(H,34,35). The molecule has 1 rings (SSSR count). The van der Waals surface area contributed by atoms with Gasteiger partial charge in [-0.05, 0) is 18.4 Å². The van der Waals surface area contributed by atoms with E-state index in [1.165, 1.54) is 0 Å². The predicted octanol–water partition coefficient (Wildman–Crippen LogP) is -3.17. The number of carboxylic acids is 2. The Balaban J connectivity index is 2.84. The molecular formula is C21H29N5O9. The van der Waals surface area contributed by atoms with E-state index in [1.54, 1.807) is 30.3 Å². The largest absolute Gasteiger partial charge is 0.481 e. The average molecular weight is 495 g/mol. The summed E-state index contributed by atoms with van der Waals surface area (Å²) in [6.45, 7) is -0.895. The van der Waals surface area contributed by atoms with Crippen molar-refractivity contribution in [1.82, 2.24) is 16.0 Å². The third-order valence-electron chi connectivity index (χ3n) is 4.76. The van der Waals surface area contributed by atoms with Crippen LogP contribution in [0.5, 0.6) is 0 Å². The Morgan fingerprint density at radius 2 is 1.37 bits per heavy atom. The third kappa shape index (κ3) is 10.6. The van der Waals surface area contributed by atoms with Crippen molar-refractivity contribution in [2.75, 3.05) is 6.61 Å². The van der Waals surface area contributed by atoms with Crippen molar-refractivity contribution in [1.29, 1.82) is 0 Å². The van der Waals surface area contributed by atoms with Gasteiger partial charge in [-0.2, -0.15) is 0 Å². The van der Waals surface area contributed by atoms with Gasteiger partial charge >= 0.3 is 11.9 Å². The summed E-state index contributed by atoms with van der Waals surface area (Å²) in [5.74, 6) is -6.86. The number of rotatable bonds is 15. The molecule has 0 aliphatic heterocycles. The normalized spacial score (nSPS) is 14.0. The topological polar surface area (TPSA) is 251 Å². The number of nitrogens with two attached hydrogens (primary N) is 2. The van der Waals surface area contributed by atoms with Crippen LogP contribution in [0, 0.1) is 0 Å². The summed E-state index contributed by atoms with van der Waals surface area (Å²) in [5, 5.41) is 34.1. The molecule has 4 atom stereocenters. The first-order valence-electron chi connectivity index (χ1n) is 10.5. The van der Waals surface area contributed by atoms with E-state index in [-0.39, 0.29) is 19.3 Å². The number of primary amides is 1. The zero-order valence-electron chi connectivity index (χ0n) is 18.7. The van der Waals surface area contributed by atoms with Crippen LogP contribution in [-0.4, -0.2) is 81.7 Å². The Kier molecular flexibility index (Phi) is 11.8. The van der Waals surface area contributed by atoms with Gasteiger partial charge in [0.2, 0.25) is 23.6 Å². The van der Waals surface area contributed by atoms with Crippen LogP contribution in [-0.2, 0) is 35.2 Å². The molecule has 0 radical (unpaired) electrons. The Morgan fingerprint density at radius 1 is 0.829 bits per heavy atom. The van der Waals surface area contributed by atoms with Crippen LogP contribution >= 0.6 is 0 Å². The van der Waals surface area contributed by atoms with Gasteiger partial charge in [-0.1, -0.05) is 30.3 Å². The highest BCUT2D eigenvalue weighted by atomic mass is 16.4. The summed E-state index contributed by atoms with van der Waals surface area (Å²) in [5.41, 5.74) is 11.6. The van der Waals surface area contributed by atoms with Gasteiger partial charge in [-0.25, -0.2) is 4.79 Å². The lowest BCUT2D eigenvalue weighted by Gasteiger charge is -2.23. The van der Waals surface area contributed by atoms with Gasteiger partial charge in [0.1, 0.15) is 18.1 Å². The number of amides is 4. The number of hydrogen-bond acceptors (Lipinski definition) is 8. The second-order valence-corrected chi connectivity index (χ2v) is 7.60. The zero-order chi connectivity index (χ0) is 26.5. The number of carboxylic acid groups (broad SMARTS) is 2. The van der Waals surface area contributed by atoms with Crippen molar-refractivity contribution in [3.63, 3.8) is 0 Å². The van der Waals surface area contributed by atoms with Gasteiger partial charge in [0.15, 0.2) is 0 Å². The first-order valence-corrected chi connectivity index (χ1v) is 10.5. The molecular weight excluding hydrogens is 466 g/mol. The Labute approximate surface area is 200 Å². The summed E-state index contributed by atoms with van der Waals surface area (Å²) in [6.07, 6.45) is -1.52. The Morgan fingerprint density at radius 3 is 1.89 bits per heavy atom.